The molecule has 0 radical (unpaired) electrons. The highest BCUT2D eigenvalue weighted by Gasteiger charge is 2.17. The van der Waals surface area contributed by atoms with Crippen molar-refractivity contribution >= 4 is 64.0 Å². The number of nitrogens with zero attached hydrogens (tertiary/aromatic N) is 1. The third-order valence-electron chi connectivity index (χ3n) is 7.95. The minimum atomic E-state index is 1.00. The second-order valence-corrected chi connectivity index (χ2v) is 11.6. The molecule has 0 unspecified atom stereocenters. The lowest BCUT2D eigenvalue weighted by molar-refractivity contribution is 1.41. The lowest BCUT2D eigenvalue weighted by Gasteiger charge is -2.14. The van der Waals surface area contributed by atoms with Crippen molar-refractivity contribution in [2.24, 2.45) is 0 Å². The SMILES string of the molecule is Cc1ccc2sc3c(-c4ccccc4-c4ccc5c6ccccc6c6ccccc6c5n4)cc(C)cc3c2c1. The highest BCUT2D eigenvalue weighted by molar-refractivity contribution is 7.26. The predicted octanol–water partition coefficient (Wildman–Crippen LogP) is 10.9. The largest absolute Gasteiger partial charge is 0.247 e. The smallest absolute Gasteiger partial charge is 0.0794 e. The molecule has 8 aromatic rings. The Morgan fingerprint density at radius 3 is 1.85 bits per heavy atom. The fourth-order valence-corrected chi connectivity index (χ4v) is 7.38. The molecule has 0 aliphatic rings. The first-order chi connectivity index (χ1) is 19.2. The zero-order valence-electron chi connectivity index (χ0n) is 21.8. The summed E-state index contributed by atoms with van der Waals surface area (Å²) in [5.41, 5.74) is 8.31. The van der Waals surface area contributed by atoms with Crippen molar-refractivity contribution in [1.82, 2.24) is 4.98 Å². The molecule has 0 bridgehead atoms. The molecule has 8 rings (SSSR count). The quantitative estimate of drug-likeness (QED) is 0.209. The molecule has 0 saturated carbocycles. The van der Waals surface area contributed by atoms with Crippen LogP contribution in [0.3, 0.4) is 0 Å². The molecule has 0 aliphatic heterocycles. The Hall–Kier alpha value is -4.53. The molecule has 0 atom stereocenters. The molecule has 184 valence electrons. The van der Waals surface area contributed by atoms with Gasteiger partial charge in [0.1, 0.15) is 0 Å². The molecule has 0 N–H and O–H groups in total. The van der Waals surface area contributed by atoms with Gasteiger partial charge in [0.05, 0.1) is 11.2 Å². The van der Waals surface area contributed by atoms with Crippen LogP contribution in [0.25, 0.3) is 75.0 Å². The number of aromatic nitrogens is 1. The van der Waals surface area contributed by atoms with Gasteiger partial charge >= 0.3 is 0 Å². The maximum absolute atomic E-state index is 5.37. The summed E-state index contributed by atoms with van der Waals surface area (Å²) in [6.45, 7) is 4.38. The van der Waals surface area contributed by atoms with Crippen LogP contribution in [0.2, 0.25) is 0 Å². The summed E-state index contributed by atoms with van der Waals surface area (Å²) in [5.74, 6) is 0. The summed E-state index contributed by atoms with van der Waals surface area (Å²) >= 11 is 1.89. The van der Waals surface area contributed by atoms with Gasteiger partial charge in [-0.3, -0.25) is 0 Å². The van der Waals surface area contributed by atoms with Crippen LogP contribution in [0, 0.1) is 13.8 Å². The monoisotopic (exact) mass is 515 g/mol. The fourth-order valence-electron chi connectivity index (χ4n) is 6.19. The number of aryl methyl sites for hydroxylation is 2. The maximum Gasteiger partial charge on any atom is 0.0794 e. The molecule has 0 amide bonds. The van der Waals surface area contributed by atoms with Crippen LogP contribution < -0.4 is 0 Å². The highest BCUT2D eigenvalue weighted by Crippen LogP contribution is 2.44. The van der Waals surface area contributed by atoms with Gasteiger partial charge in [0.2, 0.25) is 0 Å². The van der Waals surface area contributed by atoms with E-state index in [9.17, 15) is 0 Å². The van der Waals surface area contributed by atoms with Crippen molar-refractivity contribution in [1.29, 1.82) is 0 Å². The Balaban J connectivity index is 1.42. The highest BCUT2D eigenvalue weighted by atomic mass is 32.1. The van der Waals surface area contributed by atoms with Crippen molar-refractivity contribution in [2.45, 2.75) is 13.8 Å². The van der Waals surface area contributed by atoms with Crippen LogP contribution >= 0.6 is 11.3 Å². The molecule has 2 heterocycles. The summed E-state index contributed by atoms with van der Waals surface area (Å²) in [4.78, 5) is 5.37. The molecule has 2 aromatic heterocycles. The molecule has 0 saturated heterocycles. The summed E-state index contributed by atoms with van der Waals surface area (Å²) in [7, 11) is 0. The number of fused-ring (bicyclic) bond motifs is 9. The summed E-state index contributed by atoms with van der Waals surface area (Å²) < 4.78 is 2.67. The van der Waals surface area contributed by atoms with E-state index in [2.05, 4.69) is 129 Å². The van der Waals surface area contributed by atoms with Crippen LogP contribution in [0.15, 0.2) is 115 Å². The van der Waals surface area contributed by atoms with Gasteiger partial charge in [0, 0.05) is 42.1 Å². The van der Waals surface area contributed by atoms with Gasteiger partial charge in [-0.05, 0) is 77.5 Å². The standard InChI is InChI=1S/C37H25NS/c1-22-15-18-35-31(19-22)33-21-23(2)20-32(37(33)39-35)27-12-5-7-13-28(27)34-17-16-30-26-11-4-3-9-24(26)25-10-6-8-14-29(25)36(30)38-34/h3-21H,1-2H3. The second-order valence-electron chi connectivity index (χ2n) is 10.5. The molecule has 6 aromatic carbocycles. The number of pyridine rings is 1. The molecule has 39 heavy (non-hydrogen) atoms. The van der Waals surface area contributed by atoms with Crippen LogP contribution in [0.4, 0.5) is 0 Å². The van der Waals surface area contributed by atoms with Crippen LogP contribution in [-0.2, 0) is 0 Å². The Labute approximate surface area is 231 Å². The van der Waals surface area contributed by atoms with E-state index in [4.69, 9.17) is 4.98 Å². The van der Waals surface area contributed by atoms with Gasteiger partial charge in [-0.15, -0.1) is 11.3 Å². The average Bonchev–Trinajstić information content (AvgIpc) is 3.34. The molecular formula is C37H25NS. The van der Waals surface area contributed by atoms with Gasteiger partial charge in [-0.25, -0.2) is 4.98 Å². The lowest BCUT2D eigenvalue weighted by atomic mass is 9.93. The summed E-state index contributed by atoms with van der Waals surface area (Å²) in [6.07, 6.45) is 0. The summed E-state index contributed by atoms with van der Waals surface area (Å²) in [6, 6.07) is 42.0. The van der Waals surface area contributed by atoms with Crippen LogP contribution in [-0.4, -0.2) is 4.98 Å². The number of benzene rings is 6. The molecule has 0 fully saturated rings. The van der Waals surface area contributed by atoms with E-state index in [-0.39, 0.29) is 0 Å². The second kappa shape index (κ2) is 8.49. The van der Waals surface area contributed by atoms with Crippen molar-refractivity contribution in [2.75, 3.05) is 0 Å². The van der Waals surface area contributed by atoms with Gasteiger partial charge in [-0.2, -0.15) is 0 Å². The number of thiophene rings is 1. The lowest BCUT2D eigenvalue weighted by Crippen LogP contribution is -1.92. The third kappa shape index (κ3) is 3.42. The van der Waals surface area contributed by atoms with E-state index in [1.807, 2.05) is 11.3 Å². The van der Waals surface area contributed by atoms with Crippen molar-refractivity contribution < 1.29 is 0 Å². The average molecular weight is 516 g/mol. The Bertz CT molecular complexity index is 2220. The Morgan fingerprint density at radius 1 is 0.462 bits per heavy atom. The third-order valence-corrected chi connectivity index (χ3v) is 9.17. The number of rotatable bonds is 2. The topological polar surface area (TPSA) is 12.9 Å². The van der Waals surface area contributed by atoms with Crippen LogP contribution in [0.1, 0.15) is 11.1 Å². The zero-order valence-corrected chi connectivity index (χ0v) is 22.6. The van der Waals surface area contributed by atoms with E-state index in [1.165, 1.54) is 69.4 Å². The van der Waals surface area contributed by atoms with Gasteiger partial charge in [0.15, 0.2) is 0 Å². The minimum absolute atomic E-state index is 1.00. The zero-order chi connectivity index (χ0) is 26.1. The Kier molecular flexibility index (Phi) is 4.89. The fraction of sp³-hybridized carbons (Fsp3) is 0.0541. The van der Waals surface area contributed by atoms with Gasteiger partial charge in [0.25, 0.3) is 0 Å². The minimum Gasteiger partial charge on any atom is -0.247 e. The van der Waals surface area contributed by atoms with E-state index in [0.717, 1.165) is 16.8 Å². The maximum atomic E-state index is 5.37. The number of hydrogen-bond donors (Lipinski definition) is 0. The molecule has 2 heteroatoms. The first kappa shape index (κ1) is 22.5. The number of hydrogen-bond acceptors (Lipinski definition) is 2. The molecule has 1 nitrogen and oxygen atoms in total. The summed E-state index contributed by atoms with van der Waals surface area (Å²) in [5, 5.41) is 8.86. The normalized spacial score (nSPS) is 11.8. The van der Waals surface area contributed by atoms with E-state index in [1.54, 1.807) is 0 Å². The van der Waals surface area contributed by atoms with Gasteiger partial charge < -0.3 is 0 Å². The molecule has 0 aliphatic carbocycles. The van der Waals surface area contributed by atoms with E-state index in [0.29, 0.717) is 0 Å². The van der Waals surface area contributed by atoms with Crippen molar-refractivity contribution in [3.63, 3.8) is 0 Å². The van der Waals surface area contributed by atoms with Crippen molar-refractivity contribution in [3.8, 4) is 22.4 Å². The van der Waals surface area contributed by atoms with E-state index < -0.39 is 0 Å². The first-order valence-electron chi connectivity index (χ1n) is 13.4. The van der Waals surface area contributed by atoms with E-state index >= 15 is 0 Å². The Morgan fingerprint density at radius 2 is 1.08 bits per heavy atom. The van der Waals surface area contributed by atoms with Crippen molar-refractivity contribution in [3.05, 3.63) is 126 Å². The van der Waals surface area contributed by atoms with Crippen LogP contribution in [0.5, 0.6) is 0 Å². The first-order valence-corrected chi connectivity index (χ1v) is 14.2. The molecule has 0 spiro atoms. The predicted molar refractivity (Wildman–Crippen MR) is 170 cm³/mol. The molecular weight excluding hydrogens is 490 g/mol. The van der Waals surface area contributed by atoms with Gasteiger partial charge in [-0.1, -0.05) is 84.4 Å².